The van der Waals surface area contributed by atoms with E-state index >= 15 is 0 Å². The lowest BCUT2D eigenvalue weighted by molar-refractivity contribution is -0.121. The molecule has 0 aliphatic carbocycles. The van der Waals surface area contributed by atoms with E-state index in [4.69, 9.17) is 4.74 Å². The fourth-order valence-electron chi connectivity index (χ4n) is 3.06. The Morgan fingerprint density at radius 3 is 2.65 bits per heavy atom. The van der Waals surface area contributed by atoms with Gasteiger partial charge in [-0.05, 0) is 44.5 Å². The molecule has 1 amide bonds. The average molecular weight is 384 g/mol. The fourth-order valence-corrected chi connectivity index (χ4v) is 4.23. The average Bonchev–Trinajstić information content (AvgIpc) is 2.58. The molecule has 1 N–H and O–H groups in total. The molecule has 26 heavy (non-hydrogen) atoms. The number of benzene rings is 1. The Morgan fingerprint density at radius 1 is 1.35 bits per heavy atom. The standard InChI is InChI=1S/C18H29N3O4S/c1-15-6-4-7-17(14-15)21(26(3,23)24)16(2)18(22)19-8-5-9-20-10-12-25-13-11-20/h4,6-7,14,16H,5,8-13H2,1-3H3,(H,19,22)/t16-/m1/s1. The number of aryl methyl sites for hydroxylation is 1. The van der Waals surface area contributed by atoms with Gasteiger partial charge in [0.1, 0.15) is 6.04 Å². The zero-order valence-corrected chi connectivity index (χ0v) is 16.6. The van der Waals surface area contributed by atoms with E-state index in [2.05, 4.69) is 10.2 Å². The van der Waals surface area contributed by atoms with Gasteiger partial charge < -0.3 is 10.1 Å². The predicted molar refractivity (Wildman–Crippen MR) is 103 cm³/mol. The van der Waals surface area contributed by atoms with Gasteiger partial charge in [0, 0.05) is 19.6 Å². The molecule has 0 saturated carbocycles. The summed E-state index contributed by atoms with van der Waals surface area (Å²) in [6.45, 7) is 8.25. The molecule has 1 aliphatic rings. The molecule has 1 aromatic rings. The summed E-state index contributed by atoms with van der Waals surface area (Å²) in [6.07, 6.45) is 1.94. The summed E-state index contributed by atoms with van der Waals surface area (Å²) in [6, 6.07) is 6.34. The number of anilines is 1. The molecule has 8 heteroatoms. The molecular weight excluding hydrogens is 354 g/mol. The lowest BCUT2D eigenvalue weighted by Crippen LogP contribution is -2.48. The number of carbonyl (C=O) groups excluding carboxylic acids is 1. The van der Waals surface area contributed by atoms with E-state index in [-0.39, 0.29) is 5.91 Å². The molecule has 1 aromatic carbocycles. The van der Waals surface area contributed by atoms with Crippen molar-refractivity contribution in [3.63, 3.8) is 0 Å². The van der Waals surface area contributed by atoms with Gasteiger partial charge in [0.05, 0.1) is 25.2 Å². The summed E-state index contributed by atoms with van der Waals surface area (Å²) in [5.74, 6) is -0.293. The van der Waals surface area contributed by atoms with Crippen molar-refractivity contribution >= 4 is 21.6 Å². The number of amides is 1. The second-order valence-electron chi connectivity index (χ2n) is 6.67. The number of hydrogen-bond acceptors (Lipinski definition) is 5. The van der Waals surface area contributed by atoms with Crippen molar-refractivity contribution in [3.8, 4) is 0 Å². The minimum Gasteiger partial charge on any atom is -0.379 e. The first kappa shape index (κ1) is 20.7. The minimum absolute atomic E-state index is 0.293. The van der Waals surface area contributed by atoms with E-state index in [1.54, 1.807) is 25.1 Å². The summed E-state index contributed by atoms with van der Waals surface area (Å²) >= 11 is 0. The Kier molecular flexibility index (Phi) is 7.43. The van der Waals surface area contributed by atoms with Crippen LogP contribution in [0.15, 0.2) is 24.3 Å². The number of morpholine rings is 1. The van der Waals surface area contributed by atoms with Crippen molar-refractivity contribution in [2.75, 3.05) is 50.0 Å². The molecule has 1 aliphatic heterocycles. The number of ether oxygens (including phenoxy) is 1. The van der Waals surface area contributed by atoms with Gasteiger partial charge in [-0.25, -0.2) is 8.42 Å². The predicted octanol–water partition coefficient (Wildman–Crippen LogP) is 0.988. The highest BCUT2D eigenvalue weighted by molar-refractivity contribution is 7.92. The molecule has 7 nitrogen and oxygen atoms in total. The van der Waals surface area contributed by atoms with Gasteiger partial charge in [0.25, 0.3) is 0 Å². The van der Waals surface area contributed by atoms with Gasteiger partial charge in [-0.15, -0.1) is 0 Å². The summed E-state index contributed by atoms with van der Waals surface area (Å²) in [4.78, 5) is 14.8. The van der Waals surface area contributed by atoms with E-state index in [0.717, 1.165) is 51.1 Å². The molecule has 0 radical (unpaired) electrons. The molecule has 1 saturated heterocycles. The highest BCUT2D eigenvalue weighted by atomic mass is 32.2. The number of rotatable bonds is 8. The second kappa shape index (κ2) is 9.34. The lowest BCUT2D eigenvalue weighted by Gasteiger charge is -2.29. The number of sulfonamides is 1. The molecule has 146 valence electrons. The van der Waals surface area contributed by atoms with Crippen LogP contribution in [0.5, 0.6) is 0 Å². The number of nitrogens with one attached hydrogen (secondary N) is 1. The van der Waals surface area contributed by atoms with Gasteiger partial charge in [0.2, 0.25) is 15.9 Å². The minimum atomic E-state index is -3.58. The molecule has 2 rings (SSSR count). The first-order valence-corrected chi connectivity index (χ1v) is 10.8. The van der Waals surface area contributed by atoms with Crippen molar-refractivity contribution in [3.05, 3.63) is 29.8 Å². The normalized spacial score (nSPS) is 16.9. The maximum absolute atomic E-state index is 12.5. The highest BCUT2D eigenvalue weighted by Crippen LogP contribution is 2.21. The first-order chi connectivity index (χ1) is 12.3. The van der Waals surface area contributed by atoms with Crippen LogP contribution in [0, 0.1) is 6.92 Å². The molecule has 0 unspecified atom stereocenters. The van der Waals surface area contributed by atoms with Gasteiger partial charge in [-0.3, -0.25) is 14.0 Å². The quantitative estimate of drug-likeness (QED) is 0.677. The van der Waals surface area contributed by atoms with Gasteiger partial charge in [-0.2, -0.15) is 0 Å². The van der Waals surface area contributed by atoms with Crippen LogP contribution in [0.4, 0.5) is 5.69 Å². The van der Waals surface area contributed by atoms with Crippen molar-refractivity contribution in [2.24, 2.45) is 0 Å². The van der Waals surface area contributed by atoms with E-state index in [0.29, 0.717) is 12.2 Å². The molecule has 0 aromatic heterocycles. The number of carbonyl (C=O) groups is 1. The van der Waals surface area contributed by atoms with Crippen LogP contribution < -0.4 is 9.62 Å². The zero-order chi connectivity index (χ0) is 19.2. The van der Waals surface area contributed by atoms with Crippen LogP contribution in [0.1, 0.15) is 18.9 Å². The Labute approximate surface area is 156 Å². The molecule has 1 fully saturated rings. The van der Waals surface area contributed by atoms with Gasteiger partial charge in [-0.1, -0.05) is 12.1 Å². The van der Waals surface area contributed by atoms with Crippen LogP contribution >= 0.6 is 0 Å². The summed E-state index contributed by atoms with van der Waals surface area (Å²) in [7, 11) is -3.58. The largest absolute Gasteiger partial charge is 0.379 e. The lowest BCUT2D eigenvalue weighted by atomic mass is 10.2. The molecule has 1 heterocycles. The summed E-state index contributed by atoms with van der Waals surface area (Å²) in [5, 5.41) is 2.86. The van der Waals surface area contributed by atoms with E-state index in [1.807, 2.05) is 13.0 Å². The first-order valence-electron chi connectivity index (χ1n) is 8.93. The zero-order valence-electron chi connectivity index (χ0n) is 15.8. The van der Waals surface area contributed by atoms with Crippen LogP contribution in [0.2, 0.25) is 0 Å². The van der Waals surface area contributed by atoms with Crippen LogP contribution in [-0.2, 0) is 19.6 Å². The molecular formula is C18H29N3O4S. The monoisotopic (exact) mass is 383 g/mol. The maximum atomic E-state index is 12.5. The molecule has 1 atom stereocenters. The number of nitrogens with zero attached hydrogens (tertiary/aromatic N) is 2. The maximum Gasteiger partial charge on any atom is 0.243 e. The van der Waals surface area contributed by atoms with E-state index < -0.39 is 16.1 Å². The Hall–Kier alpha value is -1.64. The summed E-state index contributed by atoms with van der Waals surface area (Å²) in [5.41, 5.74) is 1.44. The fraction of sp³-hybridized carbons (Fsp3) is 0.611. The van der Waals surface area contributed by atoms with Gasteiger partial charge in [0.15, 0.2) is 0 Å². The van der Waals surface area contributed by atoms with E-state index in [1.165, 1.54) is 4.31 Å². The smallest absolute Gasteiger partial charge is 0.243 e. The molecule has 0 bridgehead atoms. The van der Waals surface area contributed by atoms with Crippen LogP contribution in [-0.4, -0.2) is 70.9 Å². The Balaban J connectivity index is 1.92. The highest BCUT2D eigenvalue weighted by Gasteiger charge is 2.28. The van der Waals surface area contributed by atoms with Crippen LogP contribution in [0.3, 0.4) is 0 Å². The van der Waals surface area contributed by atoms with Gasteiger partial charge >= 0.3 is 0 Å². The third-order valence-electron chi connectivity index (χ3n) is 4.40. The van der Waals surface area contributed by atoms with Crippen molar-refractivity contribution in [1.82, 2.24) is 10.2 Å². The Morgan fingerprint density at radius 2 is 2.04 bits per heavy atom. The van der Waals surface area contributed by atoms with Crippen molar-refractivity contribution in [1.29, 1.82) is 0 Å². The van der Waals surface area contributed by atoms with Crippen molar-refractivity contribution in [2.45, 2.75) is 26.3 Å². The van der Waals surface area contributed by atoms with Crippen LogP contribution in [0.25, 0.3) is 0 Å². The molecule has 0 spiro atoms. The summed E-state index contributed by atoms with van der Waals surface area (Å²) < 4.78 is 31.0. The second-order valence-corrected chi connectivity index (χ2v) is 8.53. The Bertz CT molecular complexity index is 702. The third kappa shape index (κ3) is 5.96. The topological polar surface area (TPSA) is 79.0 Å². The van der Waals surface area contributed by atoms with E-state index in [9.17, 15) is 13.2 Å². The van der Waals surface area contributed by atoms with Crippen molar-refractivity contribution < 1.29 is 17.9 Å². The number of hydrogen-bond donors (Lipinski definition) is 1. The SMILES string of the molecule is Cc1cccc(N([C@H](C)C(=O)NCCCN2CCOCC2)S(C)(=O)=O)c1. The third-order valence-corrected chi connectivity index (χ3v) is 5.64.